The second-order valence-corrected chi connectivity index (χ2v) is 4.66. The summed E-state index contributed by atoms with van der Waals surface area (Å²) in [6, 6.07) is 11.8. The summed E-state index contributed by atoms with van der Waals surface area (Å²) in [5.74, 6) is -0.985. The second kappa shape index (κ2) is 5.93. The smallest absolute Gasteiger partial charge is 0.129 e. The maximum absolute atomic E-state index is 13.7. The molecule has 0 bridgehead atoms. The third-order valence-electron chi connectivity index (χ3n) is 3.26. The highest BCUT2D eigenvalue weighted by molar-refractivity contribution is 5.28. The zero-order chi connectivity index (χ0) is 13.8. The van der Waals surface area contributed by atoms with E-state index in [4.69, 9.17) is 0 Å². The van der Waals surface area contributed by atoms with Crippen LogP contribution < -0.4 is 5.32 Å². The molecule has 0 amide bonds. The van der Waals surface area contributed by atoms with Crippen LogP contribution in [0.15, 0.2) is 42.5 Å². The van der Waals surface area contributed by atoms with Crippen molar-refractivity contribution in [2.45, 2.75) is 19.4 Å². The number of likely N-dealkylation sites (N-methyl/N-ethyl adjacent to an activating group) is 1. The lowest BCUT2D eigenvalue weighted by Crippen LogP contribution is -2.20. The van der Waals surface area contributed by atoms with Crippen molar-refractivity contribution < 1.29 is 8.78 Å². The van der Waals surface area contributed by atoms with Crippen molar-refractivity contribution in [1.29, 1.82) is 0 Å². The first-order valence-corrected chi connectivity index (χ1v) is 6.28. The van der Waals surface area contributed by atoms with Crippen LogP contribution in [-0.2, 0) is 6.42 Å². The molecule has 2 aromatic carbocycles. The standard InChI is InChI=1S/C16H17F2N/c1-11-5-3-6-12(9-11)16(19-2)10-13-14(17)7-4-8-15(13)18/h3-9,16,19H,10H2,1-2H3. The van der Waals surface area contributed by atoms with Gasteiger partial charge in [0.05, 0.1) is 0 Å². The number of nitrogens with one attached hydrogen (secondary N) is 1. The molecule has 2 rings (SSSR count). The molecule has 1 unspecified atom stereocenters. The number of halogens is 2. The van der Waals surface area contributed by atoms with Gasteiger partial charge in [-0.3, -0.25) is 0 Å². The molecule has 1 N–H and O–H groups in total. The van der Waals surface area contributed by atoms with E-state index in [0.717, 1.165) is 11.1 Å². The van der Waals surface area contributed by atoms with Crippen LogP contribution in [0.1, 0.15) is 22.7 Å². The van der Waals surface area contributed by atoms with Crippen molar-refractivity contribution >= 4 is 0 Å². The van der Waals surface area contributed by atoms with Crippen molar-refractivity contribution in [2.75, 3.05) is 7.05 Å². The Labute approximate surface area is 112 Å². The van der Waals surface area contributed by atoms with E-state index in [9.17, 15) is 8.78 Å². The van der Waals surface area contributed by atoms with E-state index in [-0.39, 0.29) is 11.6 Å². The lowest BCUT2D eigenvalue weighted by molar-refractivity contribution is 0.515. The predicted octanol–water partition coefficient (Wildman–Crippen LogP) is 3.78. The summed E-state index contributed by atoms with van der Waals surface area (Å²) in [5.41, 5.74) is 2.29. The summed E-state index contributed by atoms with van der Waals surface area (Å²) >= 11 is 0. The van der Waals surface area contributed by atoms with Crippen LogP contribution in [0.4, 0.5) is 8.78 Å². The lowest BCUT2D eigenvalue weighted by Gasteiger charge is -2.18. The van der Waals surface area contributed by atoms with Crippen LogP contribution in [0.5, 0.6) is 0 Å². The Morgan fingerprint density at radius 3 is 2.26 bits per heavy atom. The Hall–Kier alpha value is -1.74. The molecule has 0 aliphatic carbocycles. The zero-order valence-electron chi connectivity index (χ0n) is 11.1. The molecular weight excluding hydrogens is 244 g/mol. The zero-order valence-corrected chi connectivity index (χ0v) is 11.1. The largest absolute Gasteiger partial charge is 0.313 e. The molecule has 0 radical (unpaired) electrons. The third kappa shape index (κ3) is 3.18. The van der Waals surface area contributed by atoms with E-state index >= 15 is 0 Å². The number of rotatable bonds is 4. The van der Waals surface area contributed by atoms with Crippen molar-refractivity contribution in [3.8, 4) is 0 Å². The summed E-state index contributed by atoms with van der Waals surface area (Å²) in [4.78, 5) is 0. The van der Waals surface area contributed by atoms with Gasteiger partial charge in [0, 0.05) is 11.6 Å². The Bertz CT molecular complexity index is 546. The minimum Gasteiger partial charge on any atom is -0.313 e. The Morgan fingerprint density at radius 1 is 1.05 bits per heavy atom. The van der Waals surface area contributed by atoms with Gasteiger partial charge in [0.25, 0.3) is 0 Å². The van der Waals surface area contributed by atoms with Gasteiger partial charge < -0.3 is 5.32 Å². The molecule has 0 aliphatic heterocycles. The van der Waals surface area contributed by atoms with Crippen LogP contribution >= 0.6 is 0 Å². The summed E-state index contributed by atoms with van der Waals surface area (Å²) in [5, 5.41) is 3.12. The van der Waals surface area contributed by atoms with Gasteiger partial charge >= 0.3 is 0 Å². The lowest BCUT2D eigenvalue weighted by atomic mass is 9.97. The average molecular weight is 261 g/mol. The number of benzene rings is 2. The van der Waals surface area contributed by atoms with Crippen LogP contribution in [0.2, 0.25) is 0 Å². The van der Waals surface area contributed by atoms with Crippen LogP contribution in [0.25, 0.3) is 0 Å². The third-order valence-corrected chi connectivity index (χ3v) is 3.26. The van der Waals surface area contributed by atoms with E-state index < -0.39 is 11.6 Å². The molecule has 19 heavy (non-hydrogen) atoms. The van der Waals surface area contributed by atoms with E-state index in [1.165, 1.54) is 18.2 Å². The van der Waals surface area contributed by atoms with Crippen molar-refractivity contribution in [3.05, 3.63) is 70.8 Å². The highest BCUT2D eigenvalue weighted by atomic mass is 19.1. The van der Waals surface area contributed by atoms with E-state index in [2.05, 4.69) is 5.32 Å². The number of aryl methyl sites for hydroxylation is 1. The van der Waals surface area contributed by atoms with E-state index in [1.807, 2.05) is 31.2 Å². The number of hydrogen-bond donors (Lipinski definition) is 1. The molecule has 0 saturated carbocycles. The summed E-state index contributed by atoms with van der Waals surface area (Å²) < 4.78 is 27.3. The SMILES string of the molecule is CNC(Cc1c(F)cccc1F)c1cccc(C)c1. The molecule has 0 aliphatic rings. The molecule has 0 fully saturated rings. The summed E-state index contributed by atoms with van der Waals surface area (Å²) in [7, 11) is 1.80. The molecule has 0 spiro atoms. The van der Waals surface area contributed by atoms with Crippen LogP contribution in [0.3, 0.4) is 0 Å². The monoisotopic (exact) mass is 261 g/mol. The molecular formula is C16H17F2N. The predicted molar refractivity (Wildman–Crippen MR) is 73.0 cm³/mol. The fraction of sp³-hybridized carbons (Fsp3) is 0.250. The van der Waals surface area contributed by atoms with Gasteiger partial charge in [-0.05, 0) is 38.1 Å². The average Bonchev–Trinajstić information content (AvgIpc) is 2.38. The summed E-state index contributed by atoms with van der Waals surface area (Å²) in [6.07, 6.45) is 0.290. The molecule has 1 atom stereocenters. The minimum atomic E-state index is -0.493. The van der Waals surface area contributed by atoms with Gasteiger partial charge in [-0.1, -0.05) is 35.9 Å². The molecule has 1 nitrogen and oxygen atoms in total. The van der Waals surface area contributed by atoms with Gasteiger partial charge in [-0.25, -0.2) is 8.78 Å². The fourth-order valence-electron chi connectivity index (χ4n) is 2.20. The molecule has 2 aromatic rings. The van der Waals surface area contributed by atoms with Gasteiger partial charge in [0.15, 0.2) is 0 Å². The van der Waals surface area contributed by atoms with Crippen molar-refractivity contribution in [1.82, 2.24) is 5.32 Å². The Morgan fingerprint density at radius 2 is 1.68 bits per heavy atom. The van der Waals surface area contributed by atoms with E-state index in [0.29, 0.717) is 6.42 Å². The molecule has 3 heteroatoms. The fourth-order valence-corrected chi connectivity index (χ4v) is 2.20. The van der Waals surface area contributed by atoms with Crippen molar-refractivity contribution in [2.24, 2.45) is 0 Å². The second-order valence-electron chi connectivity index (χ2n) is 4.66. The Kier molecular flexibility index (Phi) is 4.27. The molecule has 0 aromatic heterocycles. The Balaban J connectivity index is 2.29. The van der Waals surface area contributed by atoms with Gasteiger partial charge in [-0.15, -0.1) is 0 Å². The minimum absolute atomic E-state index is 0.105. The number of hydrogen-bond acceptors (Lipinski definition) is 1. The quantitative estimate of drug-likeness (QED) is 0.883. The molecule has 100 valence electrons. The van der Waals surface area contributed by atoms with Crippen molar-refractivity contribution in [3.63, 3.8) is 0 Å². The highest BCUT2D eigenvalue weighted by Gasteiger charge is 2.16. The van der Waals surface area contributed by atoms with Crippen LogP contribution in [0, 0.1) is 18.6 Å². The maximum atomic E-state index is 13.7. The maximum Gasteiger partial charge on any atom is 0.129 e. The van der Waals surface area contributed by atoms with E-state index in [1.54, 1.807) is 7.05 Å². The first-order chi connectivity index (χ1) is 9.11. The normalized spacial score (nSPS) is 12.4. The van der Waals surface area contributed by atoms with Crippen LogP contribution in [-0.4, -0.2) is 7.05 Å². The molecule has 0 saturated heterocycles. The molecule has 0 heterocycles. The first kappa shape index (κ1) is 13.7. The highest BCUT2D eigenvalue weighted by Crippen LogP contribution is 2.22. The topological polar surface area (TPSA) is 12.0 Å². The van der Waals surface area contributed by atoms with Gasteiger partial charge in [0.2, 0.25) is 0 Å². The van der Waals surface area contributed by atoms with Gasteiger partial charge in [0.1, 0.15) is 11.6 Å². The van der Waals surface area contributed by atoms with Gasteiger partial charge in [-0.2, -0.15) is 0 Å². The first-order valence-electron chi connectivity index (χ1n) is 6.28. The summed E-state index contributed by atoms with van der Waals surface area (Å²) in [6.45, 7) is 2.00.